The average molecular weight is 605 g/mol. The van der Waals surface area contributed by atoms with Gasteiger partial charge in [-0.3, -0.25) is 10.1 Å². The molecule has 44 heavy (non-hydrogen) atoms. The molecule has 0 fully saturated rings. The summed E-state index contributed by atoms with van der Waals surface area (Å²) in [5, 5.41) is 11.8. The first-order valence-electron chi connectivity index (χ1n) is 16.1. The second-order valence-electron chi connectivity index (χ2n) is 11.4. The predicted octanol–water partition coefficient (Wildman–Crippen LogP) is 9.93. The Hall–Kier alpha value is -4.07. The molecule has 0 saturated heterocycles. The van der Waals surface area contributed by atoms with Gasteiger partial charge >= 0.3 is 5.97 Å². The van der Waals surface area contributed by atoms with Crippen LogP contribution in [-0.2, 0) is 0 Å². The molecule has 0 aliphatic rings. The van der Waals surface area contributed by atoms with E-state index in [2.05, 4.69) is 13.8 Å². The van der Waals surface area contributed by atoms with Crippen LogP contribution in [0.5, 0.6) is 17.2 Å². The van der Waals surface area contributed by atoms with Crippen LogP contribution in [0.2, 0.25) is 0 Å². The molecule has 0 radical (unpaired) electrons. The number of nitrogens with zero attached hydrogens (tertiary/aromatic N) is 1. The van der Waals surface area contributed by atoms with Crippen molar-refractivity contribution in [1.29, 1.82) is 0 Å². The third kappa shape index (κ3) is 11.2. The maximum Gasteiger partial charge on any atom is 0.350 e. The summed E-state index contributed by atoms with van der Waals surface area (Å²) in [6.07, 6.45) is 13.8. The first kappa shape index (κ1) is 34.4. The lowest BCUT2D eigenvalue weighted by Gasteiger charge is -2.17. The number of nitrogen functional groups attached to an aromatic ring is 1. The van der Waals surface area contributed by atoms with E-state index >= 15 is 0 Å². The highest BCUT2D eigenvalue weighted by Gasteiger charge is 2.26. The normalized spacial score (nSPS) is 11.6. The molecule has 0 aromatic heterocycles. The van der Waals surface area contributed by atoms with Crippen LogP contribution < -0.4 is 19.9 Å². The van der Waals surface area contributed by atoms with Gasteiger partial charge in [-0.25, -0.2) is 4.79 Å². The minimum Gasteiger partial charge on any atom is -0.494 e. The molecule has 0 spiro atoms. The van der Waals surface area contributed by atoms with Crippen molar-refractivity contribution in [1.82, 2.24) is 0 Å². The topological polar surface area (TPSA) is 114 Å². The van der Waals surface area contributed by atoms with Crippen LogP contribution in [0, 0.1) is 10.1 Å². The highest BCUT2D eigenvalue weighted by Crippen LogP contribution is 2.33. The molecule has 0 saturated carbocycles. The summed E-state index contributed by atoms with van der Waals surface area (Å²) in [4.78, 5) is 24.2. The van der Waals surface area contributed by atoms with Crippen molar-refractivity contribution in [3.8, 4) is 28.4 Å². The van der Waals surface area contributed by atoms with Gasteiger partial charge in [-0.1, -0.05) is 95.9 Å². The van der Waals surface area contributed by atoms with E-state index < -0.39 is 16.6 Å². The third-order valence-electron chi connectivity index (χ3n) is 7.61. The lowest BCUT2D eigenvalue weighted by Crippen LogP contribution is -2.15. The van der Waals surface area contributed by atoms with E-state index in [4.69, 9.17) is 19.9 Å². The van der Waals surface area contributed by atoms with Crippen molar-refractivity contribution >= 4 is 17.3 Å². The van der Waals surface area contributed by atoms with Crippen LogP contribution in [0.25, 0.3) is 11.1 Å². The highest BCUT2D eigenvalue weighted by atomic mass is 16.6. The number of hydrogen-bond donors (Lipinski definition) is 1. The van der Waals surface area contributed by atoms with Gasteiger partial charge in [0.1, 0.15) is 22.8 Å². The number of anilines is 1. The van der Waals surface area contributed by atoms with E-state index in [0.29, 0.717) is 6.61 Å². The van der Waals surface area contributed by atoms with Gasteiger partial charge in [0.25, 0.3) is 5.69 Å². The molecule has 0 unspecified atom stereocenters. The second kappa shape index (κ2) is 18.6. The van der Waals surface area contributed by atoms with Crippen molar-refractivity contribution in [3.63, 3.8) is 0 Å². The number of nitro groups is 1. The van der Waals surface area contributed by atoms with Gasteiger partial charge in [0, 0.05) is 0 Å². The zero-order chi connectivity index (χ0) is 31.7. The van der Waals surface area contributed by atoms with Gasteiger partial charge < -0.3 is 19.9 Å². The monoisotopic (exact) mass is 604 g/mol. The van der Waals surface area contributed by atoms with Gasteiger partial charge in [-0.2, -0.15) is 0 Å². The molecule has 0 amide bonds. The number of hydrogen-bond acceptors (Lipinski definition) is 7. The van der Waals surface area contributed by atoms with Gasteiger partial charge in [-0.15, -0.1) is 0 Å². The summed E-state index contributed by atoms with van der Waals surface area (Å²) in [7, 11) is 0. The Labute approximate surface area is 262 Å². The van der Waals surface area contributed by atoms with Crippen LogP contribution in [0.1, 0.15) is 108 Å². The number of benzene rings is 3. The maximum atomic E-state index is 13.0. The number of unbranched alkanes of at least 4 members (excludes halogenated alkanes) is 9. The van der Waals surface area contributed by atoms with Crippen molar-refractivity contribution in [3.05, 3.63) is 76.3 Å². The fraction of sp³-hybridized carbons (Fsp3) is 0.472. The zero-order valence-electron chi connectivity index (χ0n) is 26.5. The van der Waals surface area contributed by atoms with E-state index in [0.717, 1.165) is 55.4 Å². The number of nitro benzene ring substituents is 1. The first-order chi connectivity index (χ1) is 21.3. The summed E-state index contributed by atoms with van der Waals surface area (Å²) in [5.74, 6) is 0.430. The average Bonchev–Trinajstić information content (AvgIpc) is 3.02. The molecule has 2 N–H and O–H groups in total. The number of nitrogens with two attached hydrogens (primary N) is 1. The van der Waals surface area contributed by atoms with Crippen LogP contribution in [-0.4, -0.2) is 23.6 Å². The molecule has 0 bridgehead atoms. The molecule has 3 rings (SSSR count). The molecule has 0 aliphatic carbocycles. The number of carbonyl (C=O) groups is 1. The van der Waals surface area contributed by atoms with Crippen molar-refractivity contribution in [2.45, 2.75) is 104 Å². The van der Waals surface area contributed by atoms with Gasteiger partial charge in [-0.05, 0) is 67.6 Å². The Balaban J connectivity index is 1.56. The number of ether oxygens (including phenoxy) is 3. The van der Waals surface area contributed by atoms with Gasteiger partial charge in [0.05, 0.1) is 29.4 Å². The molecule has 8 nitrogen and oxygen atoms in total. The summed E-state index contributed by atoms with van der Waals surface area (Å²) in [6.45, 7) is 7.00. The molecule has 8 heteroatoms. The molecular formula is C36H48N2O6. The van der Waals surface area contributed by atoms with Crippen LogP contribution in [0.3, 0.4) is 0 Å². The summed E-state index contributed by atoms with van der Waals surface area (Å²) < 4.78 is 17.3. The summed E-state index contributed by atoms with van der Waals surface area (Å²) in [6, 6.07) is 17.3. The predicted molar refractivity (Wildman–Crippen MR) is 177 cm³/mol. The summed E-state index contributed by atoms with van der Waals surface area (Å²) in [5.41, 5.74) is 7.56. The van der Waals surface area contributed by atoms with Crippen LogP contribution >= 0.6 is 0 Å². The minimum atomic E-state index is -0.863. The Morgan fingerprint density at radius 2 is 1.34 bits per heavy atom. The van der Waals surface area contributed by atoms with E-state index in [1.54, 1.807) is 12.1 Å². The quantitative estimate of drug-likeness (QED) is 0.0341. The lowest BCUT2D eigenvalue weighted by molar-refractivity contribution is -0.385. The SMILES string of the molecule is CCCCCCCCCOc1ccc(-c2ccc(OC(=O)c3cc(N)c(O[C@H](C)CCCCCC)cc3[N+](=O)[O-])cc2)cc1. The Morgan fingerprint density at radius 1 is 0.795 bits per heavy atom. The standard InChI is InChI=1S/C36H48N2O6/c1-4-6-8-10-11-12-14-24-42-30-20-16-28(17-21-30)29-18-22-31(23-19-29)44-36(39)32-25-33(37)35(26-34(32)38(40)41)43-27(3)15-13-9-7-5-2/h16-23,25-27H,4-15,24,37H2,1-3H3/t27-/m1/s1. The number of rotatable bonds is 20. The molecule has 238 valence electrons. The fourth-order valence-corrected chi connectivity index (χ4v) is 5.01. The summed E-state index contributed by atoms with van der Waals surface area (Å²) >= 11 is 0. The number of carbonyl (C=O) groups excluding carboxylic acids is 1. The van der Waals surface area contributed by atoms with Crippen LogP contribution in [0.15, 0.2) is 60.7 Å². The molecular weight excluding hydrogens is 556 g/mol. The van der Waals surface area contributed by atoms with Crippen molar-refractivity contribution in [2.24, 2.45) is 0 Å². The Kier molecular flexibility index (Phi) is 14.5. The zero-order valence-corrected chi connectivity index (χ0v) is 26.5. The molecule has 1 atom stereocenters. The van der Waals surface area contributed by atoms with E-state index in [1.807, 2.05) is 43.3 Å². The molecule has 3 aromatic carbocycles. The first-order valence-corrected chi connectivity index (χ1v) is 16.1. The molecule has 3 aromatic rings. The van der Waals surface area contributed by atoms with Crippen molar-refractivity contribution < 1.29 is 23.9 Å². The second-order valence-corrected chi connectivity index (χ2v) is 11.4. The molecule has 0 aliphatic heterocycles. The van der Waals surface area contributed by atoms with E-state index in [-0.39, 0.29) is 28.9 Å². The van der Waals surface area contributed by atoms with E-state index in [9.17, 15) is 14.9 Å². The Morgan fingerprint density at radius 3 is 1.93 bits per heavy atom. The molecule has 0 heterocycles. The Bertz CT molecular complexity index is 1310. The van der Waals surface area contributed by atoms with Gasteiger partial charge in [0.15, 0.2) is 0 Å². The lowest BCUT2D eigenvalue weighted by atomic mass is 10.1. The smallest absolute Gasteiger partial charge is 0.350 e. The van der Waals surface area contributed by atoms with Gasteiger partial charge in [0.2, 0.25) is 0 Å². The third-order valence-corrected chi connectivity index (χ3v) is 7.61. The fourth-order valence-electron chi connectivity index (χ4n) is 5.01. The van der Waals surface area contributed by atoms with Crippen LogP contribution in [0.4, 0.5) is 11.4 Å². The number of esters is 1. The van der Waals surface area contributed by atoms with E-state index in [1.165, 1.54) is 50.7 Å². The minimum absolute atomic E-state index is 0.146. The van der Waals surface area contributed by atoms with Crippen molar-refractivity contribution in [2.75, 3.05) is 12.3 Å². The maximum absolute atomic E-state index is 13.0. The highest BCUT2D eigenvalue weighted by molar-refractivity contribution is 5.97. The largest absolute Gasteiger partial charge is 0.494 e.